The van der Waals surface area contributed by atoms with Gasteiger partial charge in [0.15, 0.2) is 0 Å². The van der Waals surface area contributed by atoms with Crippen LogP contribution in [-0.4, -0.2) is 18.0 Å². The highest BCUT2D eigenvalue weighted by Crippen LogP contribution is 2.30. The molecule has 2 N–H and O–H groups in total. The van der Waals surface area contributed by atoms with Crippen molar-refractivity contribution < 1.29 is 0 Å². The normalized spacial score (nSPS) is 14.9. The molecule has 0 bridgehead atoms. The van der Waals surface area contributed by atoms with Gasteiger partial charge in [0, 0.05) is 13.1 Å². The van der Waals surface area contributed by atoms with Crippen LogP contribution in [0.4, 0.5) is 5.69 Å². The predicted octanol–water partition coefficient (Wildman–Crippen LogP) is 2.77. The van der Waals surface area contributed by atoms with Crippen LogP contribution in [0.1, 0.15) is 18.4 Å². The molecular formula is C14H17ClN2. The van der Waals surface area contributed by atoms with Crippen molar-refractivity contribution in [2.75, 3.05) is 18.8 Å². The molecule has 1 aliphatic rings. The number of hydrogen-bond donors (Lipinski definition) is 1. The highest BCUT2D eigenvalue weighted by molar-refractivity contribution is 6.33. The van der Waals surface area contributed by atoms with Crippen LogP contribution in [0.3, 0.4) is 0 Å². The van der Waals surface area contributed by atoms with Gasteiger partial charge in [0.2, 0.25) is 0 Å². The van der Waals surface area contributed by atoms with E-state index in [9.17, 15) is 0 Å². The van der Waals surface area contributed by atoms with Gasteiger partial charge >= 0.3 is 0 Å². The summed E-state index contributed by atoms with van der Waals surface area (Å²) in [6.45, 7) is 2.63. The fraction of sp³-hybridized carbons (Fsp3) is 0.429. The molecule has 1 aromatic rings. The molecule has 0 aromatic heterocycles. The quantitative estimate of drug-likeness (QED) is 0.641. The minimum absolute atomic E-state index is 0.620. The number of nitrogens with two attached hydrogens (primary N) is 1. The first-order valence-corrected chi connectivity index (χ1v) is 6.26. The largest absolute Gasteiger partial charge is 0.398 e. The Morgan fingerprint density at radius 2 is 2.24 bits per heavy atom. The van der Waals surface area contributed by atoms with E-state index in [2.05, 4.69) is 10.8 Å². The van der Waals surface area contributed by atoms with Crippen LogP contribution in [0.15, 0.2) is 18.2 Å². The minimum atomic E-state index is 0.620. The van der Waals surface area contributed by atoms with Crippen LogP contribution in [0.2, 0.25) is 5.02 Å². The second-order valence-electron chi connectivity index (χ2n) is 4.67. The summed E-state index contributed by atoms with van der Waals surface area (Å²) in [7, 11) is 0. The summed E-state index contributed by atoms with van der Waals surface area (Å²) in [4.78, 5) is 2.29. The SMILES string of the molecule is C#CCN(Cc1ccc(N)c(Cl)c1)CC1CC1. The third-order valence-corrected chi connectivity index (χ3v) is 3.33. The maximum Gasteiger partial charge on any atom is 0.0638 e. The summed E-state index contributed by atoms with van der Waals surface area (Å²) in [6, 6.07) is 5.79. The number of benzene rings is 1. The van der Waals surface area contributed by atoms with E-state index >= 15 is 0 Å². The van der Waals surface area contributed by atoms with Crippen molar-refractivity contribution in [1.82, 2.24) is 4.90 Å². The minimum Gasteiger partial charge on any atom is -0.398 e. The molecule has 2 rings (SSSR count). The molecule has 1 fully saturated rings. The summed E-state index contributed by atoms with van der Waals surface area (Å²) in [5.74, 6) is 3.56. The Morgan fingerprint density at radius 3 is 2.82 bits per heavy atom. The Balaban J connectivity index is 2.00. The lowest BCUT2D eigenvalue weighted by atomic mass is 10.2. The molecule has 17 heavy (non-hydrogen) atoms. The molecule has 0 aliphatic heterocycles. The predicted molar refractivity (Wildman–Crippen MR) is 72.7 cm³/mol. The van der Waals surface area contributed by atoms with E-state index in [-0.39, 0.29) is 0 Å². The molecular weight excluding hydrogens is 232 g/mol. The molecule has 0 amide bonds. The van der Waals surface area contributed by atoms with Crippen molar-refractivity contribution in [2.24, 2.45) is 5.92 Å². The lowest BCUT2D eigenvalue weighted by molar-refractivity contribution is 0.286. The number of anilines is 1. The standard InChI is InChI=1S/C14H17ClN2/c1-2-7-17(9-11-3-4-11)10-12-5-6-14(16)13(15)8-12/h1,5-6,8,11H,3-4,7,9-10,16H2. The van der Waals surface area contributed by atoms with Gasteiger partial charge in [0.05, 0.1) is 17.3 Å². The number of nitrogens with zero attached hydrogens (tertiary/aromatic N) is 1. The Morgan fingerprint density at radius 1 is 1.47 bits per heavy atom. The highest BCUT2D eigenvalue weighted by Gasteiger charge is 2.23. The van der Waals surface area contributed by atoms with Crippen molar-refractivity contribution in [3.8, 4) is 12.3 Å². The molecule has 2 nitrogen and oxygen atoms in total. The lowest BCUT2D eigenvalue weighted by Crippen LogP contribution is -2.25. The smallest absolute Gasteiger partial charge is 0.0638 e. The zero-order valence-electron chi connectivity index (χ0n) is 9.82. The van der Waals surface area contributed by atoms with Gasteiger partial charge in [-0.2, -0.15) is 0 Å². The number of nitrogen functional groups attached to an aromatic ring is 1. The van der Waals surface area contributed by atoms with Crippen LogP contribution >= 0.6 is 11.6 Å². The van der Waals surface area contributed by atoms with Crippen LogP contribution in [0.5, 0.6) is 0 Å². The second kappa shape index (κ2) is 5.44. The molecule has 0 spiro atoms. The molecule has 0 heterocycles. The van der Waals surface area contributed by atoms with Crippen molar-refractivity contribution >= 4 is 17.3 Å². The molecule has 1 aliphatic carbocycles. The zero-order valence-corrected chi connectivity index (χ0v) is 10.6. The first-order chi connectivity index (χ1) is 8.19. The number of hydrogen-bond acceptors (Lipinski definition) is 2. The van der Waals surface area contributed by atoms with Crippen molar-refractivity contribution in [3.63, 3.8) is 0 Å². The molecule has 90 valence electrons. The third kappa shape index (κ3) is 3.66. The molecule has 1 saturated carbocycles. The van der Waals surface area contributed by atoms with Gasteiger partial charge in [0.25, 0.3) is 0 Å². The summed E-state index contributed by atoms with van der Waals surface area (Å²) < 4.78 is 0. The van der Waals surface area contributed by atoms with Gasteiger partial charge in [-0.1, -0.05) is 23.6 Å². The summed E-state index contributed by atoms with van der Waals surface area (Å²) in [6.07, 6.45) is 8.07. The lowest BCUT2D eigenvalue weighted by Gasteiger charge is -2.19. The summed E-state index contributed by atoms with van der Waals surface area (Å²) in [5, 5.41) is 0.620. The number of halogens is 1. The van der Waals surface area contributed by atoms with Gasteiger partial charge in [-0.05, 0) is 36.5 Å². The van der Waals surface area contributed by atoms with Crippen molar-refractivity contribution in [3.05, 3.63) is 28.8 Å². The van der Waals surface area contributed by atoms with Crippen LogP contribution in [0.25, 0.3) is 0 Å². The number of rotatable bonds is 5. The molecule has 0 radical (unpaired) electrons. The maximum absolute atomic E-state index is 6.01. The molecule has 0 saturated heterocycles. The third-order valence-electron chi connectivity index (χ3n) is 3.00. The zero-order chi connectivity index (χ0) is 12.3. The van der Waals surface area contributed by atoms with Gasteiger partial charge in [0.1, 0.15) is 0 Å². The van der Waals surface area contributed by atoms with Crippen LogP contribution in [-0.2, 0) is 6.54 Å². The Labute approximate surface area is 108 Å². The second-order valence-corrected chi connectivity index (χ2v) is 5.08. The van der Waals surface area contributed by atoms with E-state index in [0.29, 0.717) is 17.3 Å². The molecule has 0 unspecified atom stereocenters. The maximum atomic E-state index is 6.01. The number of terminal acetylenes is 1. The van der Waals surface area contributed by atoms with Crippen LogP contribution in [0, 0.1) is 18.3 Å². The van der Waals surface area contributed by atoms with E-state index in [0.717, 1.165) is 19.0 Å². The first-order valence-electron chi connectivity index (χ1n) is 5.88. The van der Waals surface area contributed by atoms with E-state index < -0.39 is 0 Å². The molecule has 3 heteroatoms. The Kier molecular flexibility index (Phi) is 3.93. The fourth-order valence-corrected chi connectivity index (χ4v) is 2.11. The monoisotopic (exact) mass is 248 g/mol. The average Bonchev–Trinajstić information content (AvgIpc) is 3.08. The molecule has 0 atom stereocenters. The van der Waals surface area contributed by atoms with Crippen LogP contribution < -0.4 is 5.73 Å². The average molecular weight is 249 g/mol. The first kappa shape index (κ1) is 12.3. The van der Waals surface area contributed by atoms with Gasteiger partial charge in [-0.3, -0.25) is 4.90 Å². The van der Waals surface area contributed by atoms with Gasteiger partial charge in [-0.15, -0.1) is 6.42 Å². The molecule has 1 aromatic carbocycles. The van der Waals surface area contributed by atoms with Gasteiger partial charge in [-0.25, -0.2) is 0 Å². The van der Waals surface area contributed by atoms with E-state index in [1.807, 2.05) is 18.2 Å². The summed E-state index contributed by atoms with van der Waals surface area (Å²) in [5.41, 5.74) is 7.48. The topological polar surface area (TPSA) is 29.3 Å². The van der Waals surface area contributed by atoms with E-state index in [4.69, 9.17) is 23.8 Å². The van der Waals surface area contributed by atoms with E-state index in [1.165, 1.54) is 18.4 Å². The summed E-state index contributed by atoms with van der Waals surface area (Å²) >= 11 is 6.01. The van der Waals surface area contributed by atoms with Gasteiger partial charge < -0.3 is 5.73 Å². The Hall–Kier alpha value is -1.17. The Bertz CT molecular complexity index is 432. The van der Waals surface area contributed by atoms with Crippen molar-refractivity contribution in [2.45, 2.75) is 19.4 Å². The van der Waals surface area contributed by atoms with E-state index in [1.54, 1.807) is 0 Å². The highest BCUT2D eigenvalue weighted by atomic mass is 35.5. The fourth-order valence-electron chi connectivity index (χ4n) is 1.91. The van der Waals surface area contributed by atoms with Crippen molar-refractivity contribution in [1.29, 1.82) is 0 Å².